The molecule has 12 heteroatoms. The van der Waals surface area contributed by atoms with Crippen LogP contribution in [-0.2, 0) is 45.4 Å². The molecule has 4 aromatic carbocycles. The Bertz CT molecular complexity index is 2670. The number of rotatable bonds is 7. The van der Waals surface area contributed by atoms with Crippen molar-refractivity contribution in [3.05, 3.63) is 165 Å². The predicted molar refractivity (Wildman–Crippen MR) is 213 cm³/mol. The molecule has 0 amide bonds. The number of H-pyrrole nitrogens is 2. The molecule has 2 atom stereocenters. The van der Waals surface area contributed by atoms with E-state index >= 15 is 0 Å². The van der Waals surface area contributed by atoms with Gasteiger partial charge in [-0.2, -0.15) is 0 Å². The molecule has 0 saturated heterocycles. The first kappa shape index (κ1) is 37.8. The Kier molecular flexibility index (Phi) is 10.3. The van der Waals surface area contributed by atoms with Crippen molar-refractivity contribution in [2.45, 2.75) is 78.1 Å². The van der Waals surface area contributed by atoms with Crippen LogP contribution in [0, 0.1) is 0 Å². The van der Waals surface area contributed by atoms with Gasteiger partial charge in [-0.15, -0.1) is 0 Å². The summed E-state index contributed by atoms with van der Waals surface area (Å²) in [4.78, 5) is 41.1. The molecule has 282 valence electrons. The lowest BCUT2D eigenvalue weighted by atomic mass is 9.84. The Morgan fingerprint density at radius 2 is 0.964 bits per heavy atom. The second-order valence-corrected chi connectivity index (χ2v) is 19.2. The molecule has 0 fully saturated rings. The molecule has 0 aliphatic heterocycles. The van der Waals surface area contributed by atoms with Crippen molar-refractivity contribution in [3.8, 4) is 22.8 Å². The third-order valence-corrected chi connectivity index (χ3v) is 16.2. The molecule has 55 heavy (non-hydrogen) atoms. The van der Waals surface area contributed by atoms with E-state index in [1.165, 1.54) is 0 Å². The SMILES string of the molecule is CC1(S(=O)(=O)c2ccccc2)CCc2nc(-c3ccccc3)[nH]c(=O)c2C1.CCC1(S(=O)(=O)c2ccccc2)CCc2nc(-c3ccccc3)[nH]c(=O)c2C1. The van der Waals surface area contributed by atoms with Gasteiger partial charge in [-0.3, -0.25) is 9.59 Å². The van der Waals surface area contributed by atoms with E-state index in [1.807, 2.05) is 67.6 Å². The molecule has 0 spiro atoms. The summed E-state index contributed by atoms with van der Waals surface area (Å²) >= 11 is 0. The van der Waals surface area contributed by atoms with Crippen molar-refractivity contribution < 1.29 is 16.8 Å². The summed E-state index contributed by atoms with van der Waals surface area (Å²) in [5.74, 6) is 1.05. The third-order valence-electron chi connectivity index (χ3n) is 11.0. The number of nitrogens with one attached hydrogen (secondary N) is 2. The normalized spacial score (nSPS) is 19.3. The number of benzene rings is 4. The minimum atomic E-state index is -3.58. The highest BCUT2D eigenvalue weighted by Crippen LogP contribution is 2.40. The van der Waals surface area contributed by atoms with Crippen LogP contribution in [0.4, 0.5) is 0 Å². The van der Waals surface area contributed by atoms with Crippen molar-refractivity contribution in [1.82, 2.24) is 19.9 Å². The zero-order valence-corrected chi connectivity index (χ0v) is 32.3. The standard InChI is InChI=1S/C22H22N2O3S.C21H20N2O3S/c1-2-22(28(26,27)17-11-7-4-8-12-17)14-13-19-18(15-22)21(25)24-20(23-19)16-9-5-3-6-10-16;1-21(27(25,26)16-10-6-3-7-11-16)13-12-18-17(14-21)20(24)23-19(22-18)15-8-4-2-5-9-15/h3-12H,2,13-15H2,1H3,(H,23,24,25);2-11H,12-14H2,1H3,(H,22,23,24). The van der Waals surface area contributed by atoms with E-state index in [4.69, 9.17) is 0 Å². The van der Waals surface area contributed by atoms with E-state index < -0.39 is 29.2 Å². The van der Waals surface area contributed by atoms with Gasteiger partial charge in [-0.1, -0.05) is 104 Å². The third kappa shape index (κ3) is 7.12. The first-order valence-corrected chi connectivity index (χ1v) is 21.3. The van der Waals surface area contributed by atoms with Gasteiger partial charge in [-0.25, -0.2) is 26.8 Å². The molecule has 8 rings (SSSR count). The number of hydrogen-bond acceptors (Lipinski definition) is 8. The van der Waals surface area contributed by atoms with E-state index in [-0.39, 0.29) is 24.0 Å². The molecule has 2 heterocycles. The van der Waals surface area contributed by atoms with Crippen LogP contribution in [-0.4, -0.2) is 46.3 Å². The first-order valence-electron chi connectivity index (χ1n) is 18.3. The minimum Gasteiger partial charge on any atom is -0.306 e. The van der Waals surface area contributed by atoms with E-state index in [2.05, 4.69) is 19.9 Å². The quantitative estimate of drug-likeness (QED) is 0.181. The van der Waals surface area contributed by atoms with Crippen molar-refractivity contribution in [2.24, 2.45) is 0 Å². The molecule has 0 saturated carbocycles. The molecular formula is C43H42N4O6S2. The lowest BCUT2D eigenvalue weighted by molar-refractivity contribution is 0.438. The van der Waals surface area contributed by atoms with E-state index in [9.17, 15) is 26.4 Å². The molecule has 2 N–H and O–H groups in total. The monoisotopic (exact) mass is 774 g/mol. The lowest BCUT2D eigenvalue weighted by Gasteiger charge is -2.36. The Hall–Kier alpha value is -5.46. The fourth-order valence-electron chi connectivity index (χ4n) is 7.62. The zero-order chi connectivity index (χ0) is 38.8. The van der Waals surface area contributed by atoms with Gasteiger partial charge in [0.2, 0.25) is 0 Å². The molecule has 2 aromatic heterocycles. The molecule has 10 nitrogen and oxygen atoms in total. The van der Waals surface area contributed by atoms with Gasteiger partial charge < -0.3 is 9.97 Å². The lowest BCUT2D eigenvalue weighted by Crippen LogP contribution is -2.45. The van der Waals surface area contributed by atoms with Gasteiger partial charge in [0.15, 0.2) is 19.7 Å². The van der Waals surface area contributed by atoms with Gasteiger partial charge >= 0.3 is 0 Å². The number of aromatic amines is 2. The summed E-state index contributed by atoms with van der Waals surface area (Å²) in [6.45, 7) is 3.61. The van der Waals surface area contributed by atoms with E-state index in [0.717, 1.165) is 11.1 Å². The number of aryl methyl sites for hydroxylation is 2. The summed E-state index contributed by atoms with van der Waals surface area (Å²) in [6, 6.07) is 35.9. The van der Waals surface area contributed by atoms with Crippen molar-refractivity contribution >= 4 is 19.7 Å². The molecule has 0 bridgehead atoms. The average Bonchev–Trinajstić information content (AvgIpc) is 3.22. The molecule has 2 unspecified atom stereocenters. The van der Waals surface area contributed by atoms with Crippen molar-refractivity contribution in [2.75, 3.05) is 0 Å². The van der Waals surface area contributed by atoms with Crippen molar-refractivity contribution in [3.63, 3.8) is 0 Å². The van der Waals surface area contributed by atoms with Crippen LogP contribution < -0.4 is 11.1 Å². The smallest absolute Gasteiger partial charge is 0.254 e. The van der Waals surface area contributed by atoms with Crippen LogP contribution in [0.25, 0.3) is 22.8 Å². The van der Waals surface area contributed by atoms with Crippen LogP contribution in [0.15, 0.2) is 141 Å². The number of fused-ring (bicyclic) bond motifs is 2. The van der Waals surface area contributed by atoms with Gasteiger partial charge in [0.05, 0.1) is 30.7 Å². The van der Waals surface area contributed by atoms with Gasteiger partial charge in [0.25, 0.3) is 11.1 Å². The number of sulfone groups is 2. The van der Waals surface area contributed by atoms with E-state index in [0.29, 0.717) is 76.1 Å². The van der Waals surface area contributed by atoms with Gasteiger partial charge in [0.1, 0.15) is 11.6 Å². The second-order valence-electron chi connectivity index (χ2n) is 14.4. The van der Waals surface area contributed by atoms with E-state index in [1.54, 1.807) is 67.6 Å². The Labute approximate surface area is 320 Å². The largest absolute Gasteiger partial charge is 0.306 e. The highest BCUT2D eigenvalue weighted by molar-refractivity contribution is 7.93. The van der Waals surface area contributed by atoms with Crippen LogP contribution >= 0.6 is 0 Å². The summed E-state index contributed by atoms with van der Waals surface area (Å²) < 4.78 is 51.2. The second kappa shape index (κ2) is 15.0. The number of hydrogen-bond donors (Lipinski definition) is 2. The van der Waals surface area contributed by atoms with Crippen LogP contribution in [0.2, 0.25) is 0 Å². The van der Waals surface area contributed by atoms with Crippen LogP contribution in [0.1, 0.15) is 55.6 Å². The van der Waals surface area contributed by atoms with Crippen LogP contribution in [0.3, 0.4) is 0 Å². The summed E-state index contributed by atoms with van der Waals surface area (Å²) in [5.41, 5.74) is 3.54. The van der Waals surface area contributed by atoms with Crippen LogP contribution in [0.5, 0.6) is 0 Å². The highest BCUT2D eigenvalue weighted by Gasteiger charge is 2.47. The minimum absolute atomic E-state index is 0.164. The summed E-state index contributed by atoms with van der Waals surface area (Å²) in [7, 11) is -7.14. The number of nitrogens with zero attached hydrogens (tertiary/aromatic N) is 2. The fraction of sp³-hybridized carbons (Fsp3) is 0.256. The molecule has 6 aromatic rings. The van der Waals surface area contributed by atoms with Gasteiger partial charge in [0, 0.05) is 22.3 Å². The first-order chi connectivity index (χ1) is 26.4. The van der Waals surface area contributed by atoms with Crippen molar-refractivity contribution in [1.29, 1.82) is 0 Å². The maximum atomic E-state index is 13.4. The molecule has 2 aliphatic carbocycles. The fourth-order valence-corrected chi connectivity index (χ4v) is 11.5. The maximum absolute atomic E-state index is 13.4. The Morgan fingerprint density at radius 3 is 1.42 bits per heavy atom. The topological polar surface area (TPSA) is 160 Å². The summed E-state index contributed by atoms with van der Waals surface area (Å²) in [5, 5.41) is 0. The molecule has 2 aliphatic rings. The molecule has 0 radical (unpaired) electrons. The Morgan fingerprint density at radius 1 is 0.564 bits per heavy atom. The maximum Gasteiger partial charge on any atom is 0.254 e. The predicted octanol–water partition coefficient (Wildman–Crippen LogP) is 6.71. The Balaban J connectivity index is 0.000000169. The average molecular weight is 775 g/mol. The highest BCUT2D eigenvalue weighted by atomic mass is 32.2. The number of aromatic nitrogens is 4. The summed E-state index contributed by atoms with van der Waals surface area (Å²) in [6.07, 6.45) is 2.62. The van der Waals surface area contributed by atoms with Gasteiger partial charge in [-0.05, 0) is 76.1 Å². The molecular weight excluding hydrogens is 733 g/mol. The zero-order valence-electron chi connectivity index (χ0n) is 30.7.